The van der Waals surface area contributed by atoms with Crippen LogP contribution in [0.4, 0.5) is 5.69 Å². The quantitative estimate of drug-likeness (QED) is 0.298. The van der Waals surface area contributed by atoms with Crippen LogP contribution in [-0.4, -0.2) is 32.2 Å². The van der Waals surface area contributed by atoms with Crippen LogP contribution in [-0.2, 0) is 4.74 Å². The Morgan fingerprint density at radius 2 is 1.74 bits per heavy atom. The van der Waals surface area contributed by atoms with E-state index in [0.717, 1.165) is 43.5 Å². The second kappa shape index (κ2) is 9.60. The molecule has 6 heteroatoms. The molecule has 0 unspecified atom stereocenters. The van der Waals surface area contributed by atoms with Gasteiger partial charge in [-0.1, -0.05) is 36.4 Å². The Labute approximate surface area is 208 Å². The van der Waals surface area contributed by atoms with Crippen LogP contribution in [0.5, 0.6) is 5.75 Å². The summed E-state index contributed by atoms with van der Waals surface area (Å²) < 4.78 is 11.3. The Balaban J connectivity index is 1.60. The van der Waals surface area contributed by atoms with E-state index in [9.17, 15) is 4.79 Å². The van der Waals surface area contributed by atoms with Gasteiger partial charge in [0.25, 0.3) is 0 Å². The van der Waals surface area contributed by atoms with Gasteiger partial charge in [-0.2, -0.15) is 0 Å². The van der Waals surface area contributed by atoms with Gasteiger partial charge in [-0.05, 0) is 65.3 Å². The number of hydrogen-bond donors (Lipinski definition) is 0. The standard InChI is InChI=1S/C29H24N2O3S/c1-31-23(13-12-20-6-4-5-7-26(20)31)16-22(19-8-10-21(11-9-19)29(32)34-3)17-28-30-25-18-24(33-2)14-15-27(25)35-28/h4-18H,1-3H3/b22-17-,23-16+. The van der Waals surface area contributed by atoms with Crippen LogP contribution in [0.1, 0.15) is 26.5 Å². The smallest absolute Gasteiger partial charge is 0.337 e. The van der Waals surface area contributed by atoms with Crippen molar-refractivity contribution in [1.29, 1.82) is 0 Å². The Bertz CT molecular complexity index is 1500. The molecule has 1 aliphatic rings. The third-order valence-corrected chi connectivity index (χ3v) is 6.94. The largest absolute Gasteiger partial charge is 0.497 e. The molecule has 1 aliphatic heterocycles. The molecular weight excluding hydrogens is 456 g/mol. The minimum Gasteiger partial charge on any atom is -0.497 e. The molecule has 5 rings (SSSR count). The number of fused-ring (bicyclic) bond motifs is 2. The molecule has 1 aromatic heterocycles. The van der Waals surface area contributed by atoms with Gasteiger partial charge in [0, 0.05) is 24.5 Å². The van der Waals surface area contributed by atoms with Crippen molar-refractivity contribution in [3.63, 3.8) is 0 Å². The van der Waals surface area contributed by atoms with Gasteiger partial charge >= 0.3 is 5.97 Å². The molecule has 0 aliphatic carbocycles. The summed E-state index contributed by atoms with van der Waals surface area (Å²) in [5, 5.41) is 0.889. The Morgan fingerprint density at radius 1 is 0.971 bits per heavy atom. The van der Waals surface area contributed by atoms with Crippen LogP contribution in [0.2, 0.25) is 0 Å². The lowest BCUT2D eigenvalue weighted by Gasteiger charge is -2.26. The molecule has 5 nitrogen and oxygen atoms in total. The van der Waals surface area contributed by atoms with E-state index in [1.807, 2.05) is 42.5 Å². The zero-order chi connectivity index (χ0) is 24.4. The van der Waals surface area contributed by atoms with E-state index in [1.54, 1.807) is 30.6 Å². The number of para-hydroxylation sites is 1. The molecule has 0 N–H and O–H groups in total. The van der Waals surface area contributed by atoms with E-state index in [4.69, 9.17) is 14.5 Å². The lowest BCUT2D eigenvalue weighted by atomic mass is 10.00. The predicted molar refractivity (Wildman–Crippen MR) is 144 cm³/mol. The summed E-state index contributed by atoms with van der Waals surface area (Å²) in [5.41, 5.74) is 6.75. The number of carbonyl (C=O) groups is 1. The van der Waals surface area contributed by atoms with E-state index in [2.05, 4.69) is 48.4 Å². The summed E-state index contributed by atoms with van der Waals surface area (Å²) in [6, 6.07) is 21.7. The molecule has 0 fully saturated rings. The lowest BCUT2D eigenvalue weighted by molar-refractivity contribution is 0.0600. The number of hydrogen-bond acceptors (Lipinski definition) is 6. The summed E-state index contributed by atoms with van der Waals surface area (Å²) in [5.74, 6) is 0.429. The number of ether oxygens (including phenoxy) is 2. The molecular formula is C29H24N2O3S. The maximum absolute atomic E-state index is 11.9. The molecule has 0 spiro atoms. The van der Waals surface area contributed by atoms with Crippen molar-refractivity contribution in [2.75, 3.05) is 26.2 Å². The van der Waals surface area contributed by atoms with Gasteiger partial charge < -0.3 is 14.4 Å². The summed E-state index contributed by atoms with van der Waals surface area (Å²) in [6.07, 6.45) is 8.47. The summed E-state index contributed by atoms with van der Waals surface area (Å²) in [4.78, 5) is 18.9. The highest BCUT2D eigenvalue weighted by Crippen LogP contribution is 2.33. The van der Waals surface area contributed by atoms with Crippen LogP contribution >= 0.6 is 11.3 Å². The summed E-state index contributed by atoms with van der Waals surface area (Å²) in [7, 11) is 5.11. The Kier molecular flexibility index (Phi) is 6.21. The number of benzene rings is 3. The molecule has 0 saturated carbocycles. The van der Waals surface area contributed by atoms with E-state index < -0.39 is 0 Å². The number of rotatable bonds is 5. The van der Waals surface area contributed by atoms with Crippen LogP contribution < -0.4 is 9.64 Å². The first-order valence-corrected chi connectivity index (χ1v) is 11.9. The van der Waals surface area contributed by atoms with Crippen LogP contribution in [0.15, 0.2) is 84.6 Å². The number of thiazole rings is 1. The van der Waals surface area contributed by atoms with Crippen molar-refractivity contribution in [2.45, 2.75) is 0 Å². The van der Waals surface area contributed by atoms with Crippen molar-refractivity contribution in [3.05, 3.63) is 106 Å². The van der Waals surface area contributed by atoms with Gasteiger partial charge in [-0.3, -0.25) is 0 Å². The third kappa shape index (κ3) is 4.61. The number of likely N-dealkylation sites (N-methyl/N-ethyl adjacent to an activating group) is 1. The number of allylic oxidation sites excluding steroid dienone is 3. The van der Waals surface area contributed by atoms with Gasteiger partial charge in [0.15, 0.2) is 0 Å². The van der Waals surface area contributed by atoms with E-state index >= 15 is 0 Å². The molecule has 3 aromatic carbocycles. The number of methoxy groups -OCH3 is 2. The molecule has 4 aromatic rings. The van der Waals surface area contributed by atoms with Crippen molar-refractivity contribution >= 4 is 50.9 Å². The number of nitrogens with zero attached hydrogens (tertiary/aromatic N) is 2. The van der Waals surface area contributed by atoms with Crippen LogP contribution in [0.3, 0.4) is 0 Å². The van der Waals surface area contributed by atoms with E-state index in [1.165, 1.54) is 12.7 Å². The maximum Gasteiger partial charge on any atom is 0.337 e. The van der Waals surface area contributed by atoms with Crippen LogP contribution in [0, 0.1) is 0 Å². The summed E-state index contributed by atoms with van der Waals surface area (Å²) >= 11 is 1.62. The minimum absolute atomic E-state index is 0.355. The number of carbonyl (C=O) groups excluding carboxylic acids is 1. The molecule has 0 atom stereocenters. The zero-order valence-electron chi connectivity index (χ0n) is 19.7. The fraction of sp³-hybridized carbons (Fsp3) is 0.103. The molecule has 0 bridgehead atoms. The molecule has 0 saturated heterocycles. The third-order valence-electron chi connectivity index (χ3n) is 5.95. The van der Waals surface area contributed by atoms with E-state index in [0.29, 0.717) is 5.56 Å². The number of anilines is 1. The first-order valence-electron chi connectivity index (χ1n) is 11.1. The first-order chi connectivity index (χ1) is 17.1. The normalized spacial score (nSPS) is 14.3. The Morgan fingerprint density at radius 3 is 2.51 bits per heavy atom. The first kappa shape index (κ1) is 22.6. The average Bonchev–Trinajstić information content (AvgIpc) is 3.31. The van der Waals surface area contributed by atoms with Crippen molar-refractivity contribution < 1.29 is 14.3 Å². The van der Waals surface area contributed by atoms with Crippen molar-refractivity contribution in [2.24, 2.45) is 0 Å². The second-order valence-corrected chi connectivity index (χ2v) is 9.14. The van der Waals surface area contributed by atoms with Crippen molar-refractivity contribution in [1.82, 2.24) is 4.98 Å². The molecule has 35 heavy (non-hydrogen) atoms. The zero-order valence-corrected chi connectivity index (χ0v) is 20.5. The summed E-state index contributed by atoms with van der Waals surface area (Å²) in [6.45, 7) is 0. The van der Waals surface area contributed by atoms with Gasteiger partial charge in [0.2, 0.25) is 0 Å². The molecule has 0 radical (unpaired) electrons. The highest BCUT2D eigenvalue weighted by Gasteiger charge is 2.15. The topological polar surface area (TPSA) is 51.7 Å². The minimum atomic E-state index is -0.355. The highest BCUT2D eigenvalue weighted by molar-refractivity contribution is 7.19. The highest BCUT2D eigenvalue weighted by atomic mass is 32.1. The van der Waals surface area contributed by atoms with E-state index in [-0.39, 0.29) is 5.97 Å². The fourth-order valence-corrected chi connectivity index (χ4v) is 4.94. The lowest BCUT2D eigenvalue weighted by Crippen LogP contribution is -2.18. The predicted octanol–water partition coefficient (Wildman–Crippen LogP) is 6.68. The van der Waals surface area contributed by atoms with Crippen LogP contribution in [0.25, 0.3) is 27.9 Å². The molecule has 174 valence electrons. The van der Waals surface area contributed by atoms with Gasteiger partial charge in [0.05, 0.1) is 30.0 Å². The molecule has 2 heterocycles. The average molecular weight is 481 g/mol. The fourth-order valence-electron chi connectivity index (χ4n) is 4.04. The van der Waals surface area contributed by atoms with Gasteiger partial charge in [-0.15, -0.1) is 11.3 Å². The number of esters is 1. The number of aromatic nitrogens is 1. The van der Waals surface area contributed by atoms with Gasteiger partial charge in [0.1, 0.15) is 10.8 Å². The van der Waals surface area contributed by atoms with Crippen molar-refractivity contribution in [3.8, 4) is 5.75 Å². The maximum atomic E-state index is 11.9. The monoisotopic (exact) mass is 480 g/mol. The van der Waals surface area contributed by atoms with Gasteiger partial charge in [-0.25, -0.2) is 9.78 Å². The Hall–Kier alpha value is -4.16. The molecule has 0 amide bonds. The second-order valence-electron chi connectivity index (χ2n) is 8.07. The SMILES string of the molecule is COC(=O)c1ccc(C(=C\c2nc3cc(OC)ccc3s2)/C=C2\C=Cc3ccccc3N2C)cc1.